The summed E-state index contributed by atoms with van der Waals surface area (Å²) in [5, 5.41) is 10.9. The standard InChI is InChI=1S/C10H15NO2S/c1-13-9-2-10(14-7-9)5-11-3-8(4-11)6-12/h2,7-8,12H,3-6H2,1H3. The molecule has 1 fully saturated rings. The molecule has 3 nitrogen and oxygen atoms in total. The van der Waals surface area contributed by atoms with Gasteiger partial charge in [-0.15, -0.1) is 11.3 Å². The molecule has 0 bridgehead atoms. The molecule has 78 valence electrons. The Morgan fingerprint density at radius 3 is 3.00 bits per heavy atom. The predicted molar refractivity (Wildman–Crippen MR) is 56.7 cm³/mol. The molecule has 1 N–H and O–H groups in total. The average Bonchev–Trinajstić information content (AvgIpc) is 2.58. The topological polar surface area (TPSA) is 32.7 Å². The van der Waals surface area contributed by atoms with Crippen LogP contribution in [0.1, 0.15) is 4.88 Å². The van der Waals surface area contributed by atoms with Crippen LogP contribution in [0.5, 0.6) is 5.75 Å². The summed E-state index contributed by atoms with van der Waals surface area (Å²) < 4.78 is 5.12. The van der Waals surface area contributed by atoms with Crippen molar-refractivity contribution in [3.63, 3.8) is 0 Å². The zero-order chi connectivity index (χ0) is 9.97. The van der Waals surface area contributed by atoms with Gasteiger partial charge in [-0.3, -0.25) is 4.90 Å². The first kappa shape index (κ1) is 9.96. The molecule has 1 aliphatic heterocycles. The Hall–Kier alpha value is -0.580. The first-order valence-corrected chi connectivity index (χ1v) is 5.64. The SMILES string of the molecule is COc1csc(CN2CC(CO)C2)c1. The van der Waals surface area contributed by atoms with Gasteiger partial charge in [0.05, 0.1) is 7.11 Å². The minimum Gasteiger partial charge on any atom is -0.496 e. The van der Waals surface area contributed by atoms with E-state index >= 15 is 0 Å². The van der Waals surface area contributed by atoms with Gasteiger partial charge in [-0.25, -0.2) is 0 Å². The highest BCUT2D eigenvalue weighted by Crippen LogP contribution is 2.25. The first-order chi connectivity index (χ1) is 6.81. The molecule has 0 aliphatic carbocycles. The number of aliphatic hydroxyl groups is 1. The molecule has 1 saturated heterocycles. The summed E-state index contributed by atoms with van der Waals surface area (Å²) in [5.74, 6) is 1.45. The zero-order valence-electron chi connectivity index (χ0n) is 8.27. The third kappa shape index (κ3) is 2.08. The molecule has 0 amide bonds. The fraction of sp³-hybridized carbons (Fsp3) is 0.600. The largest absolute Gasteiger partial charge is 0.496 e. The second kappa shape index (κ2) is 4.29. The lowest BCUT2D eigenvalue weighted by atomic mass is 10.0. The fourth-order valence-electron chi connectivity index (χ4n) is 1.69. The van der Waals surface area contributed by atoms with Crippen LogP contribution in [0.4, 0.5) is 0 Å². The van der Waals surface area contributed by atoms with Gasteiger partial charge in [-0.1, -0.05) is 0 Å². The van der Waals surface area contributed by atoms with Crippen LogP contribution in [0.3, 0.4) is 0 Å². The number of nitrogens with zero attached hydrogens (tertiary/aromatic N) is 1. The predicted octanol–water partition coefficient (Wildman–Crippen LogP) is 1.18. The number of aliphatic hydroxyl groups excluding tert-OH is 1. The zero-order valence-corrected chi connectivity index (χ0v) is 9.09. The van der Waals surface area contributed by atoms with Gasteiger partial charge in [0.25, 0.3) is 0 Å². The summed E-state index contributed by atoms with van der Waals surface area (Å²) in [4.78, 5) is 3.67. The highest BCUT2D eigenvalue weighted by Gasteiger charge is 2.25. The third-order valence-electron chi connectivity index (χ3n) is 2.54. The molecule has 0 radical (unpaired) electrons. The number of thiophene rings is 1. The molecule has 0 atom stereocenters. The van der Waals surface area contributed by atoms with Gasteiger partial charge in [0, 0.05) is 42.4 Å². The Morgan fingerprint density at radius 1 is 1.64 bits per heavy atom. The third-order valence-corrected chi connectivity index (χ3v) is 3.44. The van der Waals surface area contributed by atoms with Crippen molar-refractivity contribution in [2.24, 2.45) is 5.92 Å². The van der Waals surface area contributed by atoms with Gasteiger partial charge in [0.15, 0.2) is 0 Å². The molecule has 0 unspecified atom stereocenters. The quantitative estimate of drug-likeness (QED) is 0.815. The van der Waals surface area contributed by atoms with E-state index in [2.05, 4.69) is 11.0 Å². The van der Waals surface area contributed by atoms with Crippen molar-refractivity contribution in [2.75, 3.05) is 26.8 Å². The summed E-state index contributed by atoms with van der Waals surface area (Å²) >= 11 is 1.73. The summed E-state index contributed by atoms with van der Waals surface area (Å²) in [5.41, 5.74) is 0. The molecule has 4 heteroatoms. The van der Waals surface area contributed by atoms with Crippen LogP contribution in [-0.4, -0.2) is 36.8 Å². The lowest BCUT2D eigenvalue weighted by Crippen LogP contribution is -2.47. The van der Waals surface area contributed by atoms with E-state index in [1.54, 1.807) is 18.4 Å². The maximum absolute atomic E-state index is 8.87. The van der Waals surface area contributed by atoms with Crippen LogP contribution < -0.4 is 4.74 Å². The minimum atomic E-state index is 0.324. The molecule has 2 heterocycles. The van der Waals surface area contributed by atoms with Gasteiger partial charge in [0.1, 0.15) is 5.75 Å². The van der Waals surface area contributed by atoms with Gasteiger partial charge in [0.2, 0.25) is 0 Å². The van der Waals surface area contributed by atoms with Crippen molar-refractivity contribution >= 4 is 11.3 Å². The van der Waals surface area contributed by atoms with Crippen molar-refractivity contribution in [2.45, 2.75) is 6.54 Å². The van der Waals surface area contributed by atoms with E-state index in [1.807, 2.05) is 5.38 Å². The molecule has 14 heavy (non-hydrogen) atoms. The number of hydrogen-bond donors (Lipinski definition) is 1. The number of likely N-dealkylation sites (tertiary alicyclic amines) is 1. The van der Waals surface area contributed by atoms with Crippen molar-refractivity contribution in [3.05, 3.63) is 16.3 Å². The molecule has 1 aromatic rings. The van der Waals surface area contributed by atoms with E-state index in [9.17, 15) is 0 Å². The Morgan fingerprint density at radius 2 is 2.43 bits per heavy atom. The number of methoxy groups -OCH3 is 1. The van der Waals surface area contributed by atoms with Crippen LogP contribution in [0.25, 0.3) is 0 Å². The Kier molecular flexibility index (Phi) is 3.05. The molecule has 0 aromatic carbocycles. The van der Waals surface area contributed by atoms with Crippen LogP contribution in [0.15, 0.2) is 11.4 Å². The van der Waals surface area contributed by atoms with Crippen LogP contribution in [-0.2, 0) is 6.54 Å². The Bertz CT molecular complexity index is 294. The van der Waals surface area contributed by atoms with Crippen LogP contribution >= 0.6 is 11.3 Å². The lowest BCUT2D eigenvalue weighted by molar-refractivity contribution is 0.0487. The number of hydrogen-bond acceptors (Lipinski definition) is 4. The summed E-state index contributed by atoms with van der Waals surface area (Å²) in [6.45, 7) is 3.36. The summed E-state index contributed by atoms with van der Waals surface area (Å²) in [6.07, 6.45) is 0. The molecule has 0 saturated carbocycles. The van der Waals surface area contributed by atoms with Gasteiger partial charge in [-0.2, -0.15) is 0 Å². The average molecular weight is 213 g/mol. The normalized spacial score (nSPS) is 18.1. The van der Waals surface area contributed by atoms with Gasteiger partial charge < -0.3 is 9.84 Å². The lowest BCUT2D eigenvalue weighted by Gasteiger charge is -2.37. The highest BCUT2D eigenvalue weighted by atomic mass is 32.1. The minimum absolute atomic E-state index is 0.324. The molecule has 0 spiro atoms. The van der Waals surface area contributed by atoms with Crippen molar-refractivity contribution in [1.29, 1.82) is 0 Å². The van der Waals surface area contributed by atoms with E-state index in [4.69, 9.17) is 9.84 Å². The molecule has 2 rings (SSSR count). The van der Waals surface area contributed by atoms with E-state index in [0.29, 0.717) is 12.5 Å². The van der Waals surface area contributed by atoms with Crippen molar-refractivity contribution in [1.82, 2.24) is 4.90 Å². The van der Waals surface area contributed by atoms with E-state index in [0.717, 1.165) is 25.4 Å². The van der Waals surface area contributed by atoms with Crippen LogP contribution in [0, 0.1) is 5.92 Å². The second-order valence-corrected chi connectivity index (χ2v) is 4.69. The van der Waals surface area contributed by atoms with Crippen LogP contribution in [0.2, 0.25) is 0 Å². The van der Waals surface area contributed by atoms with Gasteiger partial charge in [-0.05, 0) is 6.07 Å². The highest BCUT2D eigenvalue weighted by molar-refractivity contribution is 7.10. The van der Waals surface area contributed by atoms with E-state index < -0.39 is 0 Å². The monoisotopic (exact) mass is 213 g/mol. The van der Waals surface area contributed by atoms with Gasteiger partial charge >= 0.3 is 0 Å². The first-order valence-electron chi connectivity index (χ1n) is 4.76. The van der Waals surface area contributed by atoms with Crippen molar-refractivity contribution in [3.8, 4) is 5.75 Å². The Labute approximate surface area is 87.9 Å². The second-order valence-electron chi connectivity index (χ2n) is 3.70. The molecular weight excluding hydrogens is 198 g/mol. The van der Waals surface area contributed by atoms with E-state index in [1.165, 1.54) is 4.88 Å². The fourth-order valence-corrected chi connectivity index (χ4v) is 2.57. The number of ether oxygens (including phenoxy) is 1. The summed E-state index contributed by atoms with van der Waals surface area (Å²) in [6, 6.07) is 2.08. The molecular formula is C10H15NO2S. The molecule has 1 aliphatic rings. The maximum atomic E-state index is 8.87. The summed E-state index contributed by atoms with van der Waals surface area (Å²) in [7, 11) is 1.69. The maximum Gasteiger partial charge on any atom is 0.129 e. The van der Waals surface area contributed by atoms with E-state index in [-0.39, 0.29) is 0 Å². The number of rotatable bonds is 4. The molecule has 1 aromatic heterocycles. The Balaban J connectivity index is 1.81. The van der Waals surface area contributed by atoms with Crippen molar-refractivity contribution < 1.29 is 9.84 Å². The smallest absolute Gasteiger partial charge is 0.129 e.